The summed E-state index contributed by atoms with van der Waals surface area (Å²) in [4.78, 5) is 26.7. The quantitative estimate of drug-likeness (QED) is 0.843. The molecule has 0 radical (unpaired) electrons. The van der Waals surface area contributed by atoms with Gasteiger partial charge in [0.15, 0.2) is 0 Å². The van der Waals surface area contributed by atoms with Crippen LogP contribution in [-0.2, 0) is 9.59 Å². The number of carbonyl (C=O) groups excluding carboxylic acids is 2. The first-order valence-electron chi connectivity index (χ1n) is 8.10. The highest BCUT2D eigenvalue weighted by atomic mass is 35.5. The lowest BCUT2D eigenvalue weighted by Crippen LogP contribution is -2.28. The van der Waals surface area contributed by atoms with Crippen molar-refractivity contribution in [3.63, 3.8) is 0 Å². The van der Waals surface area contributed by atoms with Gasteiger partial charge in [-0.3, -0.25) is 9.59 Å². The van der Waals surface area contributed by atoms with Gasteiger partial charge in [0.2, 0.25) is 11.8 Å². The number of amides is 2. The van der Waals surface area contributed by atoms with Gasteiger partial charge in [-0.2, -0.15) is 0 Å². The largest absolute Gasteiger partial charge is 0.495 e. The van der Waals surface area contributed by atoms with E-state index < -0.39 is 5.92 Å². The number of hydrogen-bond acceptors (Lipinski definition) is 3. The molecule has 5 nitrogen and oxygen atoms in total. The molecule has 0 saturated carbocycles. The summed E-state index contributed by atoms with van der Waals surface area (Å²) in [5.74, 6) is -0.238. The average Bonchev–Trinajstić information content (AvgIpc) is 2.99. The van der Waals surface area contributed by atoms with E-state index in [0.717, 1.165) is 5.56 Å². The van der Waals surface area contributed by atoms with Crippen LogP contribution in [0.5, 0.6) is 5.75 Å². The topological polar surface area (TPSA) is 58.6 Å². The third-order valence-electron chi connectivity index (χ3n) is 4.31. The van der Waals surface area contributed by atoms with E-state index in [1.165, 1.54) is 0 Å². The number of methoxy groups -OCH3 is 1. The standard InChI is InChI=1S/C19H18Cl2N2O3/c1-11-3-6-17(26-2)16(7-11)23-10-12(8-18(23)24)19(25)22-15-5-4-13(20)9-14(15)21/h3-7,9,12H,8,10H2,1-2H3,(H,22,25). The molecule has 1 aliphatic rings. The summed E-state index contributed by atoms with van der Waals surface area (Å²) in [5.41, 5.74) is 2.16. The average molecular weight is 393 g/mol. The van der Waals surface area contributed by atoms with E-state index in [0.29, 0.717) is 27.2 Å². The van der Waals surface area contributed by atoms with Crippen molar-refractivity contribution in [3.05, 3.63) is 52.0 Å². The molecule has 2 aromatic carbocycles. The summed E-state index contributed by atoms with van der Waals surface area (Å²) in [6.07, 6.45) is 0.133. The van der Waals surface area contributed by atoms with Gasteiger partial charge in [-0.1, -0.05) is 29.3 Å². The van der Waals surface area contributed by atoms with Crippen molar-refractivity contribution in [2.75, 3.05) is 23.9 Å². The van der Waals surface area contributed by atoms with Gasteiger partial charge in [-0.25, -0.2) is 0 Å². The zero-order valence-electron chi connectivity index (χ0n) is 14.4. The molecule has 2 amide bonds. The first-order chi connectivity index (χ1) is 12.4. The highest BCUT2D eigenvalue weighted by Gasteiger charge is 2.36. The molecule has 136 valence electrons. The van der Waals surface area contributed by atoms with Crippen molar-refractivity contribution in [2.24, 2.45) is 5.92 Å². The Morgan fingerprint density at radius 2 is 2.00 bits per heavy atom. The highest BCUT2D eigenvalue weighted by molar-refractivity contribution is 6.36. The van der Waals surface area contributed by atoms with E-state index in [-0.39, 0.29) is 24.8 Å². The maximum absolute atomic E-state index is 12.6. The zero-order chi connectivity index (χ0) is 18.8. The monoisotopic (exact) mass is 392 g/mol. The first-order valence-corrected chi connectivity index (χ1v) is 8.85. The fourth-order valence-corrected chi connectivity index (χ4v) is 3.41. The van der Waals surface area contributed by atoms with Crippen molar-refractivity contribution in [3.8, 4) is 5.75 Å². The number of nitrogens with one attached hydrogen (secondary N) is 1. The second kappa shape index (κ2) is 7.56. The lowest BCUT2D eigenvalue weighted by Gasteiger charge is -2.20. The molecule has 1 atom stereocenters. The Hall–Kier alpha value is -2.24. The molecular formula is C19H18Cl2N2O3. The molecule has 0 bridgehead atoms. The molecule has 1 saturated heterocycles. The predicted molar refractivity (Wildman–Crippen MR) is 103 cm³/mol. The van der Waals surface area contributed by atoms with Crippen LogP contribution in [0.2, 0.25) is 10.0 Å². The Bertz CT molecular complexity index is 870. The van der Waals surface area contributed by atoms with Crippen LogP contribution in [-0.4, -0.2) is 25.5 Å². The third kappa shape index (κ3) is 3.79. The van der Waals surface area contributed by atoms with Gasteiger partial charge in [0.25, 0.3) is 0 Å². The summed E-state index contributed by atoms with van der Waals surface area (Å²) in [5, 5.41) is 3.61. The minimum absolute atomic E-state index is 0.115. The summed E-state index contributed by atoms with van der Waals surface area (Å²) in [6.45, 7) is 2.23. The number of benzene rings is 2. The van der Waals surface area contributed by atoms with E-state index in [1.54, 1.807) is 30.2 Å². The lowest BCUT2D eigenvalue weighted by atomic mass is 10.1. The van der Waals surface area contributed by atoms with Crippen LogP contribution in [0.3, 0.4) is 0 Å². The van der Waals surface area contributed by atoms with Gasteiger partial charge in [0.1, 0.15) is 5.75 Å². The molecule has 1 unspecified atom stereocenters. The van der Waals surface area contributed by atoms with E-state index in [1.807, 2.05) is 25.1 Å². The molecule has 0 spiro atoms. The van der Waals surface area contributed by atoms with Crippen molar-refractivity contribution in [1.82, 2.24) is 0 Å². The Labute approximate surface area is 161 Å². The van der Waals surface area contributed by atoms with Crippen LogP contribution in [0, 0.1) is 12.8 Å². The van der Waals surface area contributed by atoms with Crippen molar-refractivity contribution >= 4 is 46.4 Å². The first kappa shape index (κ1) is 18.5. The van der Waals surface area contributed by atoms with Crippen molar-refractivity contribution < 1.29 is 14.3 Å². The second-order valence-corrected chi connectivity index (χ2v) is 7.04. The predicted octanol–water partition coefficient (Wildman–Crippen LogP) is 4.30. The number of hydrogen-bond donors (Lipinski definition) is 1. The van der Waals surface area contributed by atoms with Gasteiger partial charge in [-0.15, -0.1) is 0 Å². The van der Waals surface area contributed by atoms with Gasteiger partial charge in [0.05, 0.1) is 29.4 Å². The van der Waals surface area contributed by atoms with Gasteiger partial charge in [0, 0.05) is 18.0 Å². The van der Waals surface area contributed by atoms with Gasteiger partial charge in [-0.05, 0) is 42.8 Å². The molecule has 3 rings (SSSR count). The Kier molecular flexibility index (Phi) is 5.39. The van der Waals surface area contributed by atoms with E-state index in [9.17, 15) is 9.59 Å². The number of nitrogens with zero attached hydrogens (tertiary/aromatic N) is 1. The molecule has 0 aliphatic carbocycles. The number of aryl methyl sites for hydroxylation is 1. The minimum atomic E-state index is -0.473. The number of halogens is 2. The Balaban J connectivity index is 1.77. The molecule has 0 aromatic heterocycles. The number of ether oxygens (including phenoxy) is 1. The van der Waals surface area contributed by atoms with Gasteiger partial charge < -0.3 is 15.0 Å². The summed E-state index contributed by atoms with van der Waals surface area (Å²) < 4.78 is 5.35. The van der Waals surface area contributed by atoms with E-state index in [4.69, 9.17) is 27.9 Å². The fourth-order valence-electron chi connectivity index (χ4n) is 2.95. The molecule has 1 N–H and O–H groups in total. The summed E-state index contributed by atoms with van der Waals surface area (Å²) >= 11 is 12.0. The smallest absolute Gasteiger partial charge is 0.229 e. The normalized spacial score (nSPS) is 16.7. The number of carbonyl (C=O) groups is 2. The SMILES string of the molecule is COc1ccc(C)cc1N1CC(C(=O)Nc2ccc(Cl)cc2Cl)CC1=O. The fraction of sp³-hybridized carbons (Fsp3) is 0.263. The molecule has 1 heterocycles. The zero-order valence-corrected chi connectivity index (χ0v) is 15.9. The van der Waals surface area contributed by atoms with Crippen LogP contribution >= 0.6 is 23.2 Å². The molecule has 26 heavy (non-hydrogen) atoms. The third-order valence-corrected chi connectivity index (χ3v) is 4.86. The van der Waals surface area contributed by atoms with Crippen LogP contribution in [0.1, 0.15) is 12.0 Å². The van der Waals surface area contributed by atoms with Gasteiger partial charge >= 0.3 is 0 Å². The van der Waals surface area contributed by atoms with Crippen molar-refractivity contribution in [1.29, 1.82) is 0 Å². The van der Waals surface area contributed by atoms with Crippen LogP contribution in [0.15, 0.2) is 36.4 Å². The summed E-state index contributed by atoms with van der Waals surface area (Å²) in [7, 11) is 1.56. The molecule has 7 heteroatoms. The van der Waals surface area contributed by atoms with E-state index in [2.05, 4.69) is 5.32 Å². The lowest BCUT2D eigenvalue weighted by molar-refractivity contribution is -0.122. The Morgan fingerprint density at radius 3 is 2.69 bits per heavy atom. The van der Waals surface area contributed by atoms with Crippen molar-refractivity contribution in [2.45, 2.75) is 13.3 Å². The highest BCUT2D eigenvalue weighted by Crippen LogP contribution is 2.34. The number of anilines is 2. The maximum Gasteiger partial charge on any atom is 0.229 e. The molecular weight excluding hydrogens is 375 g/mol. The Morgan fingerprint density at radius 1 is 1.23 bits per heavy atom. The number of rotatable bonds is 4. The molecule has 1 fully saturated rings. The molecule has 1 aliphatic heterocycles. The van der Waals surface area contributed by atoms with Crippen LogP contribution in [0.4, 0.5) is 11.4 Å². The maximum atomic E-state index is 12.6. The molecule has 2 aromatic rings. The van der Waals surface area contributed by atoms with E-state index >= 15 is 0 Å². The van der Waals surface area contributed by atoms with Crippen LogP contribution < -0.4 is 15.0 Å². The van der Waals surface area contributed by atoms with Crippen LogP contribution in [0.25, 0.3) is 0 Å². The second-order valence-electron chi connectivity index (χ2n) is 6.19. The summed E-state index contributed by atoms with van der Waals surface area (Å²) in [6, 6.07) is 10.5. The minimum Gasteiger partial charge on any atom is -0.495 e.